The van der Waals surface area contributed by atoms with Crippen LogP contribution in [-0.4, -0.2) is 0 Å². The third-order valence-corrected chi connectivity index (χ3v) is 6.35. The number of allylic oxidation sites excluding steroid dienone is 2. The first kappa shape index (κ1) is 24.9. The summed E-state index contributed by atoms with van der Waals surface area (Å²) in [7, 11) is 0. The van der Waals surface area contributed by atoms with Crippen molar-refractivity contribution in [2.24, 2.45) is 0 Å². The highest BCUT2D eigenvalue weighted by Crippen LogP contribution is 2.32. The van der Waals surface area contributed by atoms with E-state index < -0.39 is 34.1 Å². The maximum Gasteiger partial charge on any atom is 0.145 e. The molecule has 0 saturated carbocycles. The van der Waals surface area contributed by atoms with E-state index >= 15 is 4.39 Å². The fourth-order valence-corrected chi connectivity index (χ4v) is 4.29. The lowest BCUT2D eigenvalue weighted by atomic mass is 9.95. The van der Waals surface area contributed by atoms with Crippen molar-refractivity contribution in [3.8, 4) is 11.1 Å². The Bertz CT molecular complexity index is 1380. The molecule has 6 heteroatoms. The van der Waals surface area contributed by atoms with Gasteiger partial charge in [-0.25, -0.2) is 22.0 Å². The Morgan fingerprint density at radius 2 is 1.34 bits per heavy atom. The highest BCUT2D eigenvalue weighted by Gasteiger charge is 2.16. The average Bonchev–Trinajstić information content (AvgIpc) is 2.82. The number of halogens is 6. The topological polar surface area (TPSA) is 0 Å². The van der Waals surface area contributed by atoms with Gasteiger partial charge in [0.1, 0.15) is 34.1 Å². The predicted molar refractivity (Wildman–Crippen MR) is 131 cm³/mol. The molecule has 0 nitrogen and oxygen atoms in total. The molecule has 35 heavy (non-hydrogen) atoms. The number of hydrogen-bond donors (Lipinski definition) is 0. The van der Waals surface area contributed by atoms with Gasteiger partial charge in [0.2, 0.25) is 0 Å². The van der Waals surface area contributed by atoms with Crippen LogP contribution in [0.4, 0.5) is 22.0 Å². The molecule has 0 aliphatic rings. The van der Waals surface area contributed by atoms with Crippen molar-refractivity contribution < 1.29 is 22.0 Å². The van der Waals surface area contributed by atoms with Crippen LogP contribution in [0.25, 0.3) is 21.9 Å². The minimum Gasteiger partial charge on any atom is -0.206 e. The summed E-state index contributed by atoms with van der Waals surface area (Å²) in [5.74, 6) is -3.54. The second kappa shape index (κ2) is 10.6. The molecule has 0 bridgehead atoms. The molecule has 180 valence electrons. The molecule has 0 radical (unpaired) electrons. The van der Waals surface area contributed by atoms with Crippen molar-refractivity contribution in [3.05, 3.63) is 118 Å². The minimum atomic E-state index is -0.863. The largest absolute Gasteiger partial charge is 0.206 e. The van der Waals surface area contributed by atoms with Crippen LogP contribution in [0.3, 0.4) is 0 Å². The van der Waals surface area contributed by atoms with Crippen molar-refractivity contribution in [1.82, 2.24) is 0 Å². The Morgan fingerprint density at radius 1 is 0.714 bits per heavy atom. The van der Waals surface area contributed by atoms with Gasteiger partial charge in [0.15, 0.2) is 0 Å². The summed E-state index contributed by atoms with van der Waals surface area (Å²) in [6.45, 7) is 1.89. The number of fused-ring (bicyclic) bond motifs is 1. The second-order valence-electron chi connectivity index (χ2n) is 8.39. The first-order valence-corrected chi connectivity index (χ1v) is 11.6. The molecule has 0 amide bonds. The summed E-state index contributed by atoms with van der Waals surface area (Å²) in [6.07, 6.45) is 5.46. The smallest absolute Gasteiger partial charge is 0.145 e. The van der Waals surface area contributed by atoms with Gasteiger partial charge in [0.05, 0.1) is 5.56 Å². The van der Waals surface area contributed by atoms with Crippen LogP contribution in [0, 0.1) is 29.1 Å². The summed E-state index contributed by atoms with van der Waals surface area (Å²) >= 11 is 5.51. The fraction of sp³-hybridized carbons (Fsp3) is 0.172. The van der Waals surface area contributed by atoms with E-state index in [1.54, 1.807) is 18.2 Å². The second-order valence-corrected chi connectivity index (χ2v) is 8.77. The van der Waals surface area contributed by atoms with Crippen LogP contribution in [0.2, 0.25) is 5.02 Å². The normalized spacial score (nSPS) is 11.6. The van der Waals surface area contributed by atoms with Gasteiger partial charge < -0.3 is 0 Å². The average molecular weight is 501 g/mol. The molecule has 0 heterocycles. The highest BCUT2D eigenvalue weighted by atomic mass is 35.5. The van der Waals surface area contributed by atoms with E-state index in [0.717, 1.165) is 12.1 Å². The monoisotopic (exact) mass is 500 g/mol. The van der Waals surface area contributed by atoms with E-state index in [1.165, 1.54) is 24.3 Å². The first-order valence-electron chi connectivity index (χ1n) is 11.2. The van der Waals surface area contributed by atoms with E-state index in [2.05, 4.69) is 0 Å². The Kier molecular flexibility index (Phi) is 7.56. The molecule has 0 fully saturated rings. The molecule has 0 N–H and O–H groups in total. The summed E-state index contributed by atoms with van der Waals surface area (Å²) in [5, 5.41) is 0.212. The van der Waals surface area contributed by atoms with Gasteiger partial charge in [-0.05, 0) is 90.6 Å². The van der Waals surface area contributed by atoms with Gasteiger partial charge in [0.25, 0.3) is 0 Å². The third kappa shape index (κ3) is 5.40. The lowest BCUT2D eigenvalue weighted by Gasteiger charge is -2.11. The molecule has 0 saturated heterocycles. The Balaban J connectivity index is 1.60. The van der Waals surface area contributed by atoms with E-state index in [-0.39, 0.29) is 18.4 Å². The van der Waals surface area contributed by atoms with Crippen LogP contribution in [0.15, 0.2) is 66.7 Å². The summed E-state index contributed by atoms with van der Waals surface area (Å²) in [6, 6.07) is 12.7. The lowest BCUT2D eigenvalue weighted by molar-refractivity contribution is 0.579. The van der Waals surface area contributed by atoms with Gasteiger partial charge in [-0.2, -0.15) is 0 Å². The van der Waals surface area contributed by atoms with Crippen LogP contribution in [0.5, 0.6) is 0 Å². The van der Waals surface area contributed by atoms with Crippen molar-refractivity contribution >= 4 is 22.4 Å². The molecule has 4 rings (SSSR count). The zero-order chi connectivity index (χ0) is 25.1. The number of benzene rings is 4. The minimum absolute atomic E-state index is 0.155. The van der Waals surface area contributed by atoms with Crippen molar-refractivity contribution in [3.63, 3.8) is 0 Å². The Labute approximate surface area is 205 Å². The Morgan fingerprint density at radius 3 is 2.00 bits per heavy atom. The SMILES string of the molecule is C/C=C/CCc1cc(F)c(-c2ccc3c(F)c(CCc4cc(F)c(Cl)c(F)c4)ccc3c2)c(F)c1. The van der Waals surface area contributed by atoms with E-state index in [0.29, 0.717) is 45.9 Å². The lowest BCUT2D eigenvalue weighted by Crippen LogP contribution is -1.98. The number of rotatable bonds is 7. The predicted octanol–water partition coefficient (Wildman–Crippen LogP) is 9.15. The molecule has 0 aliphatic carbocycles. The van der Waals surface area contributed by atoms with E-state index in [9.17, 15) is 17.6 Å². The van der Waals surface area contributed by atoms with Gasteiger partial charge >= 0.3 is 0 Å². The Hall–Kier alpha value is -3.18. The van der Waals surface area contributed by atoms with Crippen molar-refractivity contribution in [2.45, 2.75) is 32.6 Å². The highest BCUT2D eigenvalue weighted by molar-refractivity contribution is 6.30. The molecule has 4 aromatic carbocycles. The number of aryl methyl sites for hydroxylation is 3. The molecule has 0 aromatic heterocycles. The van der Waals surface area contributed by atoms with Gasteiger partial charge in [-0.3, -0.25) is 0 Å². The van der Waals surface area contributed by atoms with Gasteiger partial charge in [-0.15, -0.1) is 0 Å². The third-order valence-electron chi connectivity index (χ3n) is 5.99. The van der Waals surface area contributed by atoms with Crippen LogP contribution < -0.4 is 0 Å². The molecule has 0 unspecified atom stereocenters. The molecule has 4 aromatic rings. The number of hydrogen-bond acceptors (Lipinski definition) is 0. The molecule has 0 atom stereocenters. The fourth-order valence-electron chi connectivity index (χ4n) is 4.18. The van der Waals surface area contributed by atoms with Crippen LogP contribution in [-0.2, 0) is 19.3 Å². The van der Waals surface area contributed by atoms with Crippen molar-refractivity contribution in [2.75, 3.05) is 0 Å². The quantitative estimate of drug-likeness (QED) is 0.135. The van der Waals surface area contributed by atoms with E-state index in [4.69, 9.17) is 11.6 Å². The molecular weight excluding hydrogens is 479 g/mol. The van der Waals surface area contributed by atoms with Crippen LogP contribution in [0.1, 0.15) is 30.0 Å². The maximum absolute atomic E-state index is 15.2. The maximum atomic E-state index is 15.2. The summed E-state index contributed by atoms with van der Waals surface area (Å²) < 4.78 is 72.1. The van der Waals surface area contributed by atoms with Crippen LogP contribution >= 0.6 is 11.6 Å². The summed E-state index contributed by atoms with van der Waals surface area (Å²) in [4.78, 5) is 0. The van der Waals surface area contributed by atoms with Gasteiger partial charge in [0, 0.05) is 5.39 Å². The van der Waals surface area contributed by atoms with Gasteiger partial charge in [-0.1, -0.05) is 48.0 Å². The molecular formula is C29H22ClF5. The molecule has 0 spiro atoms. The molecule has 0 aliphatic heterocycles. The zero-order valence-electron chi connectivity index (χ0n) is 18.9. The first-order chi connectivity index (χ1) is 16.8. The van der Waals surface area contributed by atoms with Crippen molar-refractivity contribution in [1.29, 1.82) is 0 Å². The summed E-state index contributed by atoms with van der Waals surface area (Å²) in [5.41, 5.74) is 1.45. The standard InChI is InChI=1S/C29H22ClF5/c1-2-3-4-5-17-12-23(31)27(24(32)13-17)21-10-11-22-20(16-21)9-8-19(29(22)35)7-6-18-14-25(33)28(30)26(34)15-18/h2-3,8-16H,4-7H2,1H3/b3-2+. The zero-order valence-corrected chi connectivity index (χ0v) is 19.7. The van der Waals surface area contributed by atoms with E-state index in [1.807, 2.05) is 19.1 Å².